The van der Waals surface area contributed by atoms with Gasteiger partial charge in [-0.25, -0.2) is 0 Å². The molecule has 1 aliphatic rings. The lowest BCUT2D eigenvalue weighted by molar-refractivity contribution is 0.143. The Balaban J connectivity index is 1.30. The van der Waals surface area contributed by atoms with Crippen LogP contribution in [0, 0.1) is 5.92 Å². The van der Waals surface area contributed by atoms with Gasteiger partial charge in [-0.15, -0.1) is 0 Å². The summed E-state index contributed by atoms with van der Waals surface area (Å²) in [6, 6.07) is 35.9. The number of likely N-dealkylation sites (tertiary alicyclic amines) is 1. The number of fused-ring (bicyclic) bond motifs is 1. The molecule has 4 aromatic rings. The third-order valence-electron chi connectivity index (χ3n) is 7.88. The molecule has 1 heterocycles. The topological polar surface area (TPSA) is 18.5 Å². The molecule has 3 unspecified atom stereocenters. The van der Waals surface area contributed by atoms with Gasteiger partial charge >= 0.3 is 0 Å². The van der Waals surface area contributed by atoms with Crippen molar-refractivity contribution < 1.29 is 0 Å². The molecule has 0 aliphatic carbocycles. The van der Waals surface area contributed by atoms with Gasteiger partial charge in [-0.05, 0) is 71.3 Å². The van der Waals surface area contributed by atoms with Gasteiger partial charge in [0.2, 0.25) is 0 Å². The second-order valence-corrected chi connectivity index (χ2v) is 10.6. The average molecular weight is 478 g/mol. The van der Waals surface area contributed by atoms with E-state index in [4.69, 9.17) is 0 Å². The highest BCUT2D eigenvalue weighted by molar-refractivity contribution is 5.86. The van der Waals surface area contributed by atoms with Gasteiger partial charge in [0.1, 0.15) is 0 Å². The van der Waals surface area contributed by atoms with Crippen LogP contribution in [0.3, 0.4) is 0 Å². The Kier molecular flexibility index (Phi) is 7.69. The van der Waals surface area contributed by atoms with Gasteiger partial charge in [-0.1, -0.05) is 84.9 Å². The lowest BCUT2D eigenvalue weighted by Gasteiger charge is -2.39. The molecule has 5 rings (SSSR count). The van der Waals surface area contributed by atoms with Crippen LogP contribution in [0.2, 0.25) is 0 Å². The fraction of sp³-hybridized carbons (Fsp3) is 0.333. The Morgan fingerprint density at radius 1 is 0.861 bits per heavy atom. The Hall–Kier alpha value is -3.14. The van der Waals surface area contributed by atoms with Crippen LogP contribution in [0.4, 0.5) is 5.69 Å². The maximum atomic E-state index is 3.93. The summed E-state index contributed by atoms with van der Waals surface area (Å²) < 4.78 is 0. The normalized spacial score (nSPS) is 19.3. The molecule has 3 heteroatoms. The molecule has 0 saturated carbocycles. The van der Waals surface area contributed by atoms with E-state index >= 15 is 0 Å². The van der Waals surface area contributed by atoms with E-state index in [-0.39, 0.29) is 0 Å². The van der Waals surface area contributed by atoms with Crippen molar-refractivity contribution in [2.75, 3.05) is 38.6 Å². The highest BCUT2D eigenvalue weighted by Crippen LogP contribution is 2.34. The van der Waals surface area contributed by atoms with Gasteiger partial charge in [0.25, 0.3) is 0 Å². The quantitative estimate of drug-likeness (QED) is 0.299. The van der Waals surface area contributed by atoms with Crippen molar-refractivity contribution in [2.45, 2.75) is 31.8 Å². The number of hydrogen-bond acceptors (Lipinski definition) is 3. The molecule has 186 valence electrons. The predicted molar refractivity (Wildman–Crippen MR) is 154 cm³/mol. The molecule has 36 heavy (non-hydrogen) atoms. The third-order valence-corrected chi connectivity index (χ3v) is 7.88. The Labute approximate surface area is 216 Å². The van der Waals surface area contributed by atoms with Crippen molar-refractivity contribution >= 4 is 16.5 Å². The van der Waals surface area contributed by atoms with Crippen LogP contribution in [0.15, 0.2) is 97.1 Å². The Morgan fingerprint density at radius 2 is 1.58 bits per heavy atom. The summed E-state index contributed by atoms with van der Waals surface area (Å²) in [4.78, 5) is 4.81. The first-order valence-corrected chi connectivity index (χ1v) is 13.3. The summed E-state index contributed by atoms with van der Waals surface area (Å²) in [5.41, 5.74) is 5.52. The molecule has 3 atom stereocenters. The van der Waals surface area contributed by atoms with Crippen LogP contribution >= 0.6 is 0 Å². The van der Waals surface area contributed by atoms with Gasteiger partial charge in [-0.3, -0.25) is 4.90 Å². The van der Waals surface area contributed by atoms with E-state index in [1.165, 1.54) is 39.6 Å². The van der Waals surface area contributed by atoms with E-state index in [2.05, 4.69) is 133 Å². The van der Waals surface area contributed by atoms with Crippen molar-refractivity contribution in [3.8, 4) is 0 Å². The Bertz CT molecular complexity index is 1240. The van der Waals surface area contributed by atoms with Gasteiger partial charge in [0.15, 0.2) is 0 Å². The second-order valence-electron chi connectivity index (χ2n) is 10.6. The van der Waals surface area contributed by atoms with Crippen molar-refractivity contribution in [1.29, 1.82) is 0 Å². The summed E-state index contributed by atoms with van der Waals surface area (Å²) in [6.45, 7) is 6.60. The third kappa shape index (κ3) is 5.64. The van der Waals surface area contributed by atoms with Crippen LogP contribution in [0.5, 0.6) is 0 Å². The van der Waals surface area contributed by atoms with Crippen LogP contribution in [-0.2, 0) is 6.54 Å². The first-order chi connectivity index (χ1) is 17.6. The van der Waals surface area contributed by atoms with E-state index < -0.39 is 0 Å². The van der Waals surface area contributed by atoms with Crippen LogP contribution < -0.4 is 10.2 Å². The summed E-state index contributed by atoms with van der Waals surface area (Å²) >= 11 is 0. The Morgan fingerprint density at radius 3 is 2.36 bits per heavy atom. The van der Waals surface area contributed by atoms with E-state index in [0.29, 0.717) is 17.9 Å². The summed E-state index contributed by atoms with van der Waals surface area (Å²) in [5, 5.41) is 6.60. The van der Waals surface area contributed by atoms with Gasteiger partial charge in [0, 0.05) is 45.5 Å². The lowest BCUT2D eigenvalue weighted by Crippen LogP contribution is -2.43. The van der Waals surface area contributed by atoms with Gasteiger partial charge < -0.3 is 10.2 Å². The predicted octanol–water partition coefficient (Wildman–Crippen LogP) is 6.86. The van der Waals surface area contributed by atoms with Crippen molar-refractivity contribution in [3.05, 3.63) is 114 Å². The first-order valence-electron chi connectivity index (χ1n) is 13.3. The summed E-state index contributed by atoms with van der Waals surface area (Å²) in [5.74, 6) is 1.16. The van der Waals surface area contributed by atoms with Crippen LogP contribution in [-0.4, -0.2) is 38.6 Å². The second kappa shape index (κ2) is 11.3. The van der Waals surface area contributed by atoms with Crippen molar-refractivity contribution in [3.63, 3.8) is 0 Å². The fourth-order valence-electron chi connectivity index (χ4n) is 5.82. The average Bonchev–Trinajstić information content (AvgIpc) is 2.92. The SMILES string of the molecule is CC(NCC1CN(Cc2ccc(N(C)C)cc2)CCC1c1ccccc1)c1cccc2ccccc12. The molecule has 1 fully saturated rings. The molecular formula is C33H39N3. The lowest BCUT2D eigenvalue weighted by atomic mass is 9.80. The number of nitrogens with zero attached hydrogens (tertiary/aromatic N) is 2. The van der Waals surface area contributed by atoms with E-state index in [0.717, 1.165) is 26.2 Å². The molecule has 3 nitrogen and oxygen atoms in total. The van der Waals surface area contributed by atoms with Gasteiger partial charge in [-0.2, -0.15) is 0 Å². The highest BCUT2D eigenvalue weighted by Gasteiger charge is 2.30. The number of piperidine rings is 1. The standard InChI is InChI=1S/C33H39N3/c1-25(31-15-9-13-28-12-7-8-14-33(28)31)34-22-29-24-36(21-20-32(29)27-10-5-4-6-11-27)23-26-16-18-30(19-17-26)35(2)3/h4-19,25,29,32,34H,20-24H2,1-3H3. The molecule has 1 N–H and O–H groups in total. The molecule has 0 bridgehead atoms. The van der Waals surface area contributed by atoms with Crippen LogP contribution in [0.25, 0.3) is 10.8 Å². The molecule has 0 aromatic heterocycles. The number of rotatable bonds is 8. The molecule has 1 saturated heterocycles. The number of nitrogens with one attached hydrogen (secondary N) is 1. The van der Waals surface area contributed by atoms with E-state index in [1.807, 2.05) is 0 Å². The monoisotopic (exact) mass is 477 g/mol. The number of hydrogen-bond donors (Lipinski definition) is 1. The molecule has 1 aliphatic heterocycles. The molecule has 0 spiro atoms. The minimum absolute atomic E-state index is 0.307. The molecule has 4 aromatic carbocycles. The zero-order valence-corrected chi connectivity index (χ0v) is 21.9. The summed E-state index contributed by atoms with van der Waals surface area (Å²) in [7, 11) is 4.19. The first kappa shape index (κ1) is 24.5. The van der Waals surface area contributed by atoms with Crippen LogP contribution in [0.1, 0.15) is 42.0 Å². The molecule has 0 radical (unpaired) electrons. The number of benzene rings is 4. The zero-order valence-electron chi connectivity index (χ0n) is 21.9. The van der Waals surface area contributed by atoms with Crippen molar-refractivity contribution in [1.82, 2.24) is 10.2 Å². The maximum absolute atomic E-state index is 3.93. The minimum Gasteiger partial charge on any atom is -0.378 e. The highest BCUT2D eigenvalue weighted by atomic mass is 15.1. The fourth-order valence-corrected chi connectivity index (χ4v) is 5.82. The zero-order chi connectivity index (χ0) is 24.9. The smallest absolute Gasteiger partial charge is 0.0361 e. The molecule has 0 amide bonds. The summed E-state index contributed by atoms with van der Waals surface area (Å²) in [6.07, 6.45) is 1.20. The van der Waals surface area contributed by atoms with Gasteiger partial charge in [0.05, 0.1) is 0 Å². The number of anilines is 1. The van der Waals surface area contributed by atoms with E-state index in [1.54, 1.807) is 0 Å². The molecular weight excluding hydrogens is 438 g/mol. The van der Waals surface area contributed by atoms with E-state index in [9.17, 15) is 0 Å². The minimum atomic E-state index is 0.307. The largest absolute Gasteiger partial charge is 0.378 e. The maximum Gasteiger partial charge on any atom is 0.0361 e. The van der Waals surface area contributed by atoms with Crippen molar-refractivity contribution in [2.24, 2.45) is 5.92 Å².